The SMILES string of the molecule is CN(C)CCN(C)Cc1ccc(O)c(C(=O)Nc2cc(-c3ccccc3)ccc2C(=O)O)c1. The lowest BCUT2D eigenvalue weighted by molar-refractivity contribution is 0.0698. The first-order valence-electron chi connectivity index (χ1n) is 10.6. The van der Waals surface area contributed by atoms with Crippen LogP contribution in [0.3, 0.4) is 0 Å². The number of anilines is 1. The van der Waals surface area contributed by atoms with Crippen LogP contribution in [0.15, 0.2) is 66.7 Å². The minimum absolute atomic E-state index is 0.0258. The molecule has 0 aliphatic carbocycles. The first-order valence-corrected chi connectivity index (χ1v) is 10.6. The number of nitrogens with zero attached hydrogens (tertiary/aromatic N) is 2. The Kier molecular flexibility index (Phi) is 7.82. The molecule has 7 heteroatoms. The number of aromatic hydroxyl groups is 1. The summed E-state index contributed by atoms with van der Waals surface area (Å²) in [5.41, 5.74) is 2.78. The molecule has 0 atom stereocenters. The lowest BCUT2D eigenvalue weighted by Gasteiger charge is -2.20. The van der Waals surface area contributed by atoms with Gasteiger partial charge in [-0.2, -0.15) is 0 Å². The lowest BCUT2D eigenvalue weighted by Crippen LogP contribution is -2.28. The third-order valence-electron chi connectivity index (χ3n) is 5.29. The summed E-state index contributed by atoms with van der Waals surface area (Å²) in [4.78, 5) is 29.0. The molecule has 1 amide bonds. The highest BCUT2D eigenvalue weighted by Gasteiger charge is 2.18. The van der Waals surface area contributed by atoms with Gasteiger partial charge in [0, 0.05) is 19.6 Å². The summed E-state index contributed by atoms with van der Waals surface area (Å²) in [5, 5.41) is 22.6. The van der Waals surface area contributed by atoms with Gasteiger partial charge in [0.1, 0.15) is 5.75 Å². The van der Waals surface area contributed by atoms with Crippen LogP contribution in [0.25, 0.3) is 11.1 Å². The largest absolute Gasteiger partial charge is 0.507 e. The smallest absolute Gasteiger partial charge is 0.337 e. The molecule has 0 saturated carbocycles. The number of aromatic carboxylic acids is 1. The van der Waals surface area contributed by atoms with Crippen molar-refractivity contribution in [2.45, 2.75) is 6.54 Å². The molecule has 0 radical (unpaired) electrons. The third kappa shape index (κ3) is 6.41. The quantitative estimate of drug-likeness (QED) is 0.459. The molecule has 0 aromatic heterocycles. The van der Waals surface area contributed by atoms with E-state index in [0.29, 0.717) is 6.54 Å². The van der Waals surface area contributed by atoms with Crippen molar-refractivity contribution in [1.29, 1.82) is 0 Å². The van der Waals surface area contributed by atoms with E-state index in [-0.39, 0.29) is 22.6 Å². The van der Waals surface area contributed by atoms with Crippen molar-refractivity contribution in [2.24, 2.45) is 0 Å². The Morgan fingerprint density at radius 3 is 2.24 bits per heavy atom. The Labute approximate surface area is 193 Å². The number of carbonyl (C=O) groups is 2. The van der Waals surface area contributed by atoms with Crippen LogP contribution in [-0.4, -0.2) is 66.1 Å². The van der Waals surface area contributed by atoms with E-state index in [1.54, 1.807) is 24.3 Å². The lowest BCUT2D eigenvalue weighted by atomic mass is 10.0. The fourth-order valence-corrected chi connectivity index (χ4v) is 3.46. The predicted octanol–water partition coefficient (Wildman–Crippen LogP) is 4.00. The van der Waals surface area contributed by atoms with E-state index in [1.807, 2.05) is 51.5 Å². The monoisotopic (exact) mass is 447 g/mol. The molecule has 3 aromatic rings. The van der Waals surface area contributed by atoms with Gasteiger partial charge in [-0.15, -0.1) is 0 Å². The second-order valence-electron chi connectivity index (χ2n) is 8.28. The van der Waals surface area contributed by atoms with Gasteiger partial charge in [0.15, 0.2) is 0 Å². The number of likely N-dealkylation sites (N-methyl/N-ethyl adjacent to an activating group) is 2. The average Bonchev–Trinajstić information content (AvgIpc) is 2.79. The minimum Gasteiger partial charge on any atom is -0.507 e. The highest BCUT2D eigenvalue weighted by atomic mass is 16.4. The maximum absolute atomic E-state index is 13.0. The number of hydrogen-bond acceptors (Lipinski definition) is 5. The van der Waals surface area contributed by atoms with Crippen LogP contribution in [0.1, 0.15) is 26.3 Å². The van der Waals surface area contributed by atoms with Gasteiger partial charge in [-0.1, -0.05) is 42.5 Å². The fraction of sp³-hybridized carbons (Fsp3) is 0.231. The topological polar surface area (TPSA) is 93.1 Å². The summed E-state index contributed by atoms with van der Waals surface area (Å²) in [6.45, 7) is 2.36. The third-order valence-corrected chi connectivity index (χ3v) is 5.29. The van der Waals surface area contributed by atoms with E-state index >= 15 is 0 Å². The Bertz CT molecular complexity index is 1130. The van der Waals surface area contributed by atoms with E-state index in [0.717, 1.165) is 29.8 Å². The van der Waals surface area contributed by atoms with E-state index in [4.69, 9.17) is 0 Å². The minimum atomic E-state index is -1.15. The van der Waals surface area contributed by atoms with Crippen molar-refractivity contribution in [2.75, 3.05) is 39.5 Å². The zero-order valence-electron chi connectivity index (χ0n) is 19.1. The number of phenols is 1. The number of phenolic OH excluding ortho intramolecular Hbond substituents is 1. The number of benzene rings is 3. The van der Waals surface area contributed by atoms with Gasteiger partial charge in [0.2, 0.25) is 0 Å². The molecule has 0 unspecified atom stereocenters. The van der Waals surface area contributed by atoms with Crippen LogP contribution in [-0.2, 0) is 6.54 Å². The molecule has 0 aliphatic rings. The molecule has 0 spiro atoms. The summed E-state index contributed by atoms with van der Waals surface area (Å²) in [7, 11) is 6.01. The van der Waals surface area contributed by atoms with Gasteiger partial charge < -0.3 is 25.3 Å². The number of carboxylic acids is 1. The molecule has 7 nitrogen and oxygen atoms in total. The van der Waals surface area contributed by atoms with Gasteiger partial charge in [-0.3, -0.25) is 4.79 Å². The Morgan fingerprint density at radius 1 is 0.848 bits per heavy atom. The van der Waals surface area contributed by atoms with E-state index in [1.165, 1.54) is 12.1 Å². The van der Waals surface area contributed by atoms with Crippen molar-refractivity contribution in [1.82, 2.24) is 9.80 Å². The van der Waals surface area contributed by atoms with Crippen molar-refractivity contribution in [3.8, 4) is 16.9 Å². The van der Waals surface area contributed by atoms with Crippen molar-refractivity contribution >= 4 is 17.6 Å². The molecule has 33 heavy (non-hydrogen) atoms. The van der Waals surface area contributed by atoms with E-state index < -0.39 is 11.9 Å². The molecular formula is C26H29N3O4. The molecule has 0 bridgehead atoms. The van der Waals surface area contributed by atoms with Crippen LogP contribution in [0.2, 0.25) is 0 Å². The molecule has 172 valence electrons. The first kappa shape index (κ1) is 24.0. The van der Waals surface area contributed by atoms with E-state index in [2.05, 4.69) is 15.1 Å². The van der Waals surface area contributed by atoms with Gasteiger partial charge in [0.25, 0.3) is 5.91 Å². The molecule has 0 aliphatic heterocycles. The van der Waals surface area contributed by atoms with Crippen molar-refractivity contribution < 1.29 is 19.8 Å². The van der Waals surface area contributed by atoms with Crippen LogP contribution in [0, 0.1) is 0 Å². The van der Waals surface area contributed by atoms with Gasteiger partial charge in [-0.25, -0.2) is 4.79 Å². The summed E-state index contributed by atoms with van der Waals surface area (Å²) in [5.74, 6) is -1.88. The Balaban J connectivity index is 1.85. The van der Waals surface area contributed by atoms with Gasteiger partial charge in [0.05, 0.1) is 16.8 Å². The number of amides is 1. The highest BCUT2D eigenvalue weighted by Crippen LogP contribution is 2.27. The van der Waals surface area contributed by atoms with Crippen molar-refractivity contribution in [3.05, 3.63) is 83.4 Å². The number of carbonyl (C=O) groups excluding carboxylic acids is 1. The predicted molar refractivity (Wildman–Crippen MR) is 130 cm³/mol. The van der Waals surface area contributed by atoms with Crippen LogP contribution in [0.4, 0.5) is 5.69 Å². The van der Waals surface area contributed by atoms with Crippen LogP contribution < -0.4 is 5.32 Å². The molecule has 0 saturated heterocycles. The summed E-state index contributed by atoms with van der Waals surface area (Å²) in [6, 6.07) is 19.2. The summed E-state index contributed by atoms with van der Waals surface area (Å²) < 4.78 is 0. The fourth-order valence-electron chi connectivity index (χ4n) is 3.46. The molecule has 3 N–H and O–H groups in total. The summed E-state index contributed by atoms with van der Waals surface area (Å²) in [6.07, 6.45) is 0. The number of hydrogen-bond donors (Lipinski definition) is 3. The van der Waals surface area contributed by atoms with Gasteiger partial charge in [-0.05, 0) is 62.1 Å². The number of carboxylic acid groups (broad SMARTS) is 1. The zero-order chi connectivity index (χ0) is 24.0. The normalized spacial score (nSPS) is 11.1. The zero-order valence-corrected chi connectivity index (χ0v) is 19.1. The van der Waals surface area contributed by atoms with Gasteiger partial charge >= 0.3 is 5.97 Å². The Hall–Kier alpha value is -3.68. The molecular weight excluding hydrogens is 418 g/mol. The standard InChI is InChI=1S/C26H29N3O4/c1-28(2)13-14-29(3)17-18-9-12-24(30)22(15-18)25(31)27-23-16-20(10-11-21(23)26(32)33)19-7-5-4-6-8-19/h4-12,15-16,30H,13-14,17H2,1-3H3,(H,27,31)(H,32,33). The maximum Gasteiger partial charge on any atom is 0.337 e. The van der Waals surface area contributed by atoms with Crippen LogP contribution in [0.5, 0.6) is 5.75 Å². The van der Waals surface area contributed by atoms with Crippen molar-refractivity contribution in [3.63, 3.8) is 0 Å². The maximum atomic E-state index is 13.0. The second-order valence-corrected chi connectivity index (χ2v) is 8.28. The molecule has 0 fully saturated rings. The average molecular weight is 448 g/mol. The summed E-state index contributed by atoms with van der Waals surface area (Å²) >= 11 is 0. The highest BCUT2D eigenvalue weighted by molar-refractivity contribution is 6.09. The first-order chi connectivity index (χ1) is 15.7. The molecule has 3 rings (SSSR count). The Morgan fingerprint density at radius 2 is 1.58 bits per heavy atom. The molecule has 0 heterocycles. The van der Waals surface area contributed by atoms with E-state index in [9.17, 15) is 19.8 Å². The number of rotatable bonds is 9. The molecule has 3 aromatic carbocycles. The second kappa shape index (κ2) is 10.8. The number of nitrogens with one attached hydrogen (secondary N) is 1. The van der Waals surface area contributed by atoms with Crippen LogP contribution >= 0.6 is 0 Å².